The quantitative estimate of drug-likeness (QED) is 0.783. The van der Waals surface area contributed by atoms with Crippen LogP contribution in [0.5, 0.6) is 0 Å². The van der Waals surface area contributed by atoms with Gasteiger partial charge in [-0.2, -0.15) is 13.2 Å². The Bertz CT molecular complexity index is 834. The van der Waals surface area contributed by atoms with Crippen molar-refractivity contribution in [2.24, 2.45) is 0 Å². The van der Waals surface area contributed by atoms with Crippen molar-refractivity contribution >= 4 is 17.5 Å². The predicted molar refractivity (Wildman–Crippen MR) is 99.5 cm³/mol. The predicted octanol–water partition coefficient (Wildman–Crippen LogP) is 2.72. The van der Waals surface area contributed by atoms with Crippen LogP contribution in [-0.2, 0) is 6.18 Å². The minimum atomic E-state index is -4.53. The fourth-order valence-electron chi connectivity index (χ4n) is 3.00. The Kier molecular flexibility index (Phi) is 6.08. The van der Waals surface area contributed by atoms with E-state index in [1.807, 2.05) is 0 Å². The Labute approximate surface area is 160 Å². The molecule has 1 aromatic carbocycles. The highest BCUT2D eigenvalue weighted by Crippen LogP contribution is 2.30. The third-order valence-corrected chi connectivity index (χ3v) is 4.81. The second kappa shape index (κ2) is 8.33. The van der Waals surface area contributed by atoms with Crippen molar-refractivity contribution in [2.45, 2.75) is 6.18 Å². The van der Waals surface area contributed by atoms with E-state index in [1.165, 1.54) is 4.42 Å². The average molecular weight is 401 g/mol. The van der Waals surface area contributed by atoms with Crippen LogP contribution in [0.1, 0.15) is 5.56 Å². The lowest BCUT2D eigenvalue weighted by Crippen LogP contribution is -2.45. The lowest BCUT2D eigenvalue weighted by molar-refractivity contribution is -0.138. The van der Waals surface area contributed by atoms with Crippen LogP contribution in [0.3, 0.4) is 0 Å². The molecule has 1 aromatic heterocycles. The summed E-state index contributed by atoms with van der Waals surface area (Å²) < 4.78 is 41.5. The van der Waals surface area contributed by atoms with Gasteiger partial charge in [-0.05, 0) is 18.2 Å². The molecule has 0 radical (unpaired) electrons. The topological polar surface area (TPSA) is 40.5 Å². The summed E-state index contributed by atoms with van der Waals surface area (Å²) >= 11 is 6.42. The van der Waals surface area contributed by atoms with E-state index in [-0.39, 0.29) is 0 Å². The van der Waals surface area contributed by atoms with Gasteiger partial charge in [0.05, 0.1) is 16.9 Å². The number of aromatic nitrogens is 1. The summed E-state index contributed by atoms with van der Waals surface area (Å²) in [7, 11) is 0. The number of para-hydroxylation sites is 2. The normalized spacial score (nSPS) is 15.7. The van der Waals surface area contributed by atoms with Crippen LogP contribution in [0, 0.1) is 0 Å². The summed E-state index contributed by atoms with van der Waals surface area (Å²) in [6.07, 6.45) is -3.73. The van der Waals surface area contributed by atoms with E-state index < -0.39 is 17.3 Å². The molecular formula is C18H20ClF3N4O. The molecule has 5 nitrogen and oxygen atoms in total. The molecule has 146 valence electrons. The zero-order valence-corrected chi connectivity index (χ0v) is 15.3. The largest absolute Gasteiger partial charge is 0.417 e. The van der Waals surface area contributed by atoms with Crippen molar-refractivity contribution < 1.29 is 13.2 Å². The summed E-state index contributed by atoms with van der Waals surface area (Å²) in [5.41, 5.74) is -0.652. The first-order valence-electron chi connectivity index (χ1n) is 8.62. The molecule has 1 saturated heterocycles. The van der Waals surface area contributed by atoms with Crippen molar-refractivity contribution in [1.82, 2.24) is 14.8 Å². The van der Waals surface area contributed by atoms with Gasteiger partial charge in [-0.3, -0.25) is 18.7 Å². The smallest absolute Gasteiger partial charge is 0.314 e. The molecule has 0 aliphatic carbocycles. The van der Waals surface area contributed by atoms with Crippen LogP contribution in [0.2, 0.25) is 0 Å². The fourth-order valence-corrected chi connectivity index (χ4v) is 3.22. The molecule has 0 unspecified atom stereocenters. The van der Waals surface area contributed by atoms with Gasteiger partial charge in [0.1, 0.15) is 0 Å². The summed E-state index contributed by atoms with van der Waals surface area (Å²) in [6, 6.07) is 8.36. The Balaban J connectivity index is 1.86. The maximum Gasteiger partial charge on any atom is 0.417 e. The number of anilines is 1. The van der Waals surface area contributed by atoms with Crippen molar-refractivity contribution in [1.29, 1.82) is 0 Å². The highest BCUT2D eigenvalue weighted by Gasteiger charge is 2.31. The third-order valence-electron chi connectivity index (χ3n) is 4.46. The molecule has 9 heteroatoms. The Morgan fingerprint density at radius 3 is 2.52 bits per heavy atom. The molecule has 0 saturated carbocycles. The molecule has 2 aromatic rings. The monoisotopic (exact) mass is 400 g/mol. The highest BCUT2D eigenvalue weighted by atomic mass is 35.5. The number of halogens is 4. The maximum absolute atomic E-state index is 13.0. The molecule has 2 heterocycles. The first kappa shape index (κ1) is 19.7. The third kappa shape index (κ3) is 4.82. The van der Waals surface area contributed by atoms with Crippen LogP contribution in [-0.4, -0.2) is 48.7 Å². The molecule has 0 atom stereocenters. The molecule has 0 spiro atoms. The van der Waals surface area contributed by atoms with E-state index in [1.54, 1.807) is 24.3 Å². The van der Waals surface area contributed by atoms with Gasteiger partial charge in [0.2, 0.25) is 0 Å². The van der Waals surface area contributed by atoms with Crippen LogP contribution in [0.15, 0.2) is 47.4 Å². The Morgan fingerprint density at radius 2 is 1.81 bits per heavy atom. The van der Waals surface area contributed by atoms with Crippen LogP contribution < -0.4 is 15.3 Å². The average Bonchev–Trinajstić information content (AvgIpc) is 2.66. The molecule has 1 aliphatic heterocycles. The van der Waals surface area contributed by atoms with E-state index in [9.17, 15) is 18.0 Å². The van der Waals surface area contributed by atoms with E-state index in [0.29, 0.717) is 17.9 Å². The highest BCUT2D eigenvalue weighted by molar-refractivity contribution is 6.26. The van der Waals surface area contributed by atoms with Crippen molar-refractivity contribution in [3.8, 4) is 5.69 Å². The lowest BCUT2D eigenvalue weighted by atomic mass is 10.2. The van der Waals surface area contributed by atoms with Crippen LogP contribution >= 0.6 is 11.8 Å². The summed E-state index contributed by atoms with van der Waals surface area (Å²) in [6.45, 7) is 4.86. The SMILES string of the molecule is O=c1ccc(C(F)(F)F)cn1-c1ccccc1N(Cl)CCN1CCNCC1. The van der Waals surface area contributed by atoms with E-state index in [2.05, 4.69) is 10.2 Å². The van der Waals surface area contributed by atoms with Gasteiger partial charge in [0.15, 0.2) is 0 Å². The van der Waals surface area contributed by atoms with Gasteiger partial charge >= 0.3 is 6.18 Å². The van der Waals surface area contributed by atoms with E-state index >= 15 is 0 Å². The number of pyridine rings is 1. The van der Waals surface area contributed by atoms with Crippen LogP contribution in [0.25, 0.3) is 5.69 Å². The number of piperazine rings is 1. The summed E-state index contributed by atoms with van der Waals surface area (Å²) in [4.78, 5) is 14.5. The number of nitrogens with one attached hydrogen (secondary N) is 1. The molecular weight excluding hydrogens is 381 g/mol. The molecule has 0 bridgehead atoms. The van der Waals surface area contributed by atoms with Crippen LogP contribution in [0.4, 0.5) is 18.9 Å². The standard InChI is InChI=1S/C18H20ClF3N4O/c19-26(12-11-24-9-7-23-8-10-24)16-4-2-1-3-15(16)25-13-14(18(20,21)22)5-6-17(25)27/h1-6,13,23H,7-12H2. The molecule has 1 fully saturated rings. The summed E-state index contributed by atoms with van der Waals surface area (Å²) in [5, 5.41) is 3.27. The minimum absolute atomic E-state index is 0.309. The van der Waals surface area contributed by atoms with Gasteiger partial charge < -0.3 is 5.32 Å². The van der Waals surface area contributed by atoms with Gasteiger partial charge in [-0.1, -0.05) is 12.1 Å². The first-order valence-corrected chi connectivity index (χ1v) is 8.96. The molecule has 1 N–H and O–H groups in total. The number of hydrogen-bond donors (Lipinski definition) is 1. The van der Waals surface area contributed by atoms with Crippen molar-refractivity contribution in [3.05, 3.63) is 58.5 Å². The van der Waals surface area contributed by atoms with Gasteiger partial charge in [-0.25, -0.2) is 0 Å². The Hall–Kier alpha value is -2.03. The molecule has 0 amide bonds. The second-order valence-electron chi connectivity index (χ2n) is 6.29. The number of hydrogen-bond acceptors (Lipinski definition) is 4. The summed E-state index contributed by atoms with van der Waals surface area (Å²) in [5.74, 6) is 0. The lowest BCUT2D eigenvalue weighted by Gasteiger charge is -2.29. The van der Waals surface area contributed by atoms with E-state index in [4.69, 9.17) is 11.8 Å². The molecule has 27 heavy (non-hydrogen) atoms. The zero-order chi connectivity index (χ0) is 19.4. The first-order chi connectivity index (χ1) is 12.9. The van der Waals surface area contributed by atoms with Gasteiger partial charge in [0, 0.05) is 63.3 Å². The zero-order valence-electron chi connectivity index (χ0n) is 14.5. The number of alkyl halides is 3. The Morgan fingerprint density at radius 1 is 1.11 bits per heavy atom. The van der Waals surface area contributed by atoms with Crippen molar-refractivity contribution in [3.63, 3.8) is 0 Å². The second-order valence-corrected chi connectivity index (χ2v) is 6.70. The van der Waals surface area contributed by atoms with Crippen molar-refractivity contribution in [2.75, 3.05) is 43.7 Å². The van der Waals surface area contributed by atoms with Gasteiger partial charge in [0.25, 0.3) is 5.56 Å². The number of rotatable bonds is 5. The maximum atomic E-state index is 13.0. The number of benzene rings is 1. The molecule has 1 aliphatic rings. The number of nitrogens with zero attached hydrogens (tertiary/aromatic N) is 3. The molecule has 3 rings (SSSR count). The van der Waals surface area contributed by atoms with Gasteiger partial charge in [-0.15, -0.1) is 0 Å². The fraction of sp³-hybridized carbons (Fsp3) is 0.389. The van der Waals surface area contributed by atoms with E-state index in [0.717, 1.165) is 55.6 Å². The minimum Gasteiger partial charge on any atom is -0.314 e.